The van der Waals surface area contributed by atoms with Gasteiger partial charge in [-0.15, -0.1) is 0 Å². The van der Waals surface area contributed by atoms with Crippen LogP contribution in [0.5, 0.6) is 0 Å². The fourth-order valence-corrected chi connectivity index (χ4v) is 5.38. The Morgan fingerprint density at radius 3 is 2.22 bits per heavy atom. The SMILES string of the molecule is CC(C)(C)c1ccc(C2/C(=C(/O)c3ccc4c(c3)CCCC4)C(=O)C(=O)N2Cc2ccc(F)cc2)cc1. The number of halogens is 1. The monoisotopic (exact) mass is 497 g/mol. The largest absolute Gasteiger partial charge is 0.507 e. The minimum absolute atomic E-state index is 0.0580. The molecule has 0 saturated carbocycles. The summed E-state index contributed by atoms with van der Waals surface area (Å²) in [5.74, 6) is -1.90. The Morgan fingerprint density at radius 1 is 0.919 bits per heavy atom. The zero-order valence-corrected chi connectivity index (χ0v) is 21.6. The van der Waals surface area contributed by atoms with E-state index in [0.717, 1.165) is 36.8 Å². The second-order valence-electron chi connectivity index (χ2n) is 11.1. The van der Waals surface area contributed by atoms with Crippen molar-refractivity contribution in [2.75, 3.05) is 0 Å². The van der Waals surface area contributed by atoms with Crippen molar-refractivity contribution >= 4 is 17.4 Å². The smallest absolute Gasteiger partial charge is 0.295 e. The van der Waals surface area contributed by atoms with Crippen molar-refractivity contribution in [1.82, 2.24) is 4.90 Å². The summed E-state index contributed by atoms with van der Waals surface area (Å²) < 4.78 is 13.5. The molecule has 1 N–H and O–H groups in total. The molecule has 190 valence electrons. The number of carbonyl (C=O) groups excluding carboxylic acids is 2. The molecule has 1 aliphatic heterocycles. The standard InChI is InChI=1S/C32H32FNO3/c1-32(2,3)25-14-12-22(13-15-25)28-27(29(35)24-11-10-21-6-4-5-7-23(21)18-24)30(36)31(37)34(28)19-20-8-16-26(33)17-9-20/h8-18,28,35H,4-7,19H2,1-3H3/b29-27-. The predicted molar refractivity (Wildman–Crippen MR) is 142 cm³/mol. The lowest BCUT2D eigenvalue weighted by molar-refractivity contribution is -0.140. The molecule has 5 heteroatoms. The number of likely N-dealkylation sites (tertiary alicyclic amines) is 1. The molecule has 1 amide bonds. The molecule has 0 aromatic heterocycles. The third-order valence-corrected chi connectivity index (χ3v) is 7.52. The Kier molecular flexibility index (Phi) is 6.49. The molecular formula is C32H32FNO3. The van der Waals surface area contributed by atoms with Gasteiger partial charge in [-0.3, -0.25) is 9.59 Å². The average molecular weight is 498 g/mol. The van der Waals surface area contributed by atoms with Crippen LogP contribution in [-0.2, 0) is 34.4 Å². The zero-order chi connectivity index (χ0) is 26.3. The van der Waals surface area contributed by atoms with Crippen LogP contribution in [0.1, 0.15) is 73.0 Å². The molecule has 37 heavy (non-hydrogen) atoms. The number of nitrogens with zero attached hydrogens (tertiary/aromatic N) is 1. The first kappa shape index (κ1) is 24.9. The highest BCUT2D eigenvalue weighted by Crippen LogP contribution is 2.41. The van der Waals surface area contributed by atoms with Gasteiger partial charge in [-0.1, -0.05) is 69.3 Å². The van der Waals surface area contributed by atoms with Crippen LogP contribution in [0.25, 0.3) is 5.76 Å². The van der Waals surface area contributed by atoms with E-state index in [1.54, 1.807) is 12.1 Å². The van der Waals surface area contributed by atoms with Gasteiger partial charge in [-0.05, 0) is 77.1 Å². The topological polar surface area (TPSA) is 57.6 Å². The summed E-state index contributed by atoms with van der Waals surface area (Å²) in [7, 11) is 0. The summed E-state index contributed by atoms with van der Waals surface area (Å²) >= 11 is 0. The van der Waals surface area contributed by atoms with Crippen molar-refractivity contribution in [2.24, 2.45) is 0 Å². The maximum atomic E-state index is 13.5. The molecule has 1 aliphatic carbocycles. The molecule has 1 atom stereocenters. The summed E-state index contributed by atoms with van der Waals surface area (Å²) in [6, 6.07) is 18.8. The summed E-state index contributed by atoms with van der Waals surface area (Å²) in [6.07, 6.45) is 4.20. The molecule has 3 aromatic carbocycles. The number of aliphatic hydroxyl groups is 1. The molecule has 5 rings (SSSR count). The molecule has 0 bridgehead atoms. The Bertz CT molecular complexity index is 1380. The Labute approximate surface area is 217 Å². The number of aryl methyl sites for hydroxylation is 2. The third kappa shape index (κ3) is 4.83. The lowest BCUT2D eigenvalue weighted by Crippen LogP contribution is -2.29. The van der Waals surface area contributed by atoms with E-state index in [9.17, 15) is 19.1 Å². The van der Waals surface area contributed by atoms with Gasteiger partial charge < -0.3 is 10.0 Å². The van der Waals surface area contributed by atoms with Crippen molar-refractivity contribution < 1.29 is 19.1 Å². The minimum atomic E-state index is -0.755. The van der Waals surface area contributed by atoms with Gasteiger partial charge in [0.1, 0.15) is 11.6 Å². The minimum Gasteiger partial charge on any atom is -0.507 e. The van der Waals surface area contributed by atoms with Gasteiger partial charge in [0.15, 0.2) is 0 Å². The Hall–Kier alpha value is -3.73. The van der Waals surface area contributed by atoms with Gasteiger partial charge >= 0.3 is 0 Å². The van der Waals surface area contributed by atoms with Gasteiger partial charge in [0.25, 0.3) is 11.7 Å². The highest BCUT2D eigenvalue weighted by molar-refractivity contribution is 6.46. The summed E-state index contributed by atoms with van der Waals surface area (Å²) in [4.78, 5) is 28.2. The second-order valence-corrected chi connectivity index (χ2v) is 11.1. The quantitative estimate of drug-likeness (QED) is 0.250. The normalized spacial score (nSPS) is 19.2. The fraction of sp³-hybridized carbons (Fsp3) is 0.312. The molecule has 3 aromatic rings. The average Bonchev–Trinajstić information content (AvgIpc) is 3.13. The lowest BCUT2D eigenvalue weighted by Gasteiger charge is -2.27. The van der Waals surface area contributed by atoms with E-state index in [1.165, 1.54) is 28.2 Å². The van der Waals surface area contributed by atoms with E-state index in [2.05, 4.69) is 20.8 Å². The maximum Gasteiger partial charge on any atom is 0.295 e. The number of rotatable bonds is 4. The number of hydrogen-bond donors (Lipinski definition) is 1. The van der Waals surface area contributed by atoms with Gasteiger partial charge in [-0.25, -0.2) is 4.39 Å². The highest BCUT2D eigenvalue weighted by Gasteiger charge is 2.46. The molecule has 1 fully saturated rings. The van der Waals surface area contributed by atoms with Crippen LogP contribution in [0.15, 0.2) is 72.3 Å². The van der Waals surface area contributed by atoms with Gasteiger partial charge in [0, 0.05) is 12.1 Å². The van der Waals surface area contributed by atoms with Crippen LogP contribution in [0.3, 0.4) is 0 Å². The number of hydrogen-bond acceptors (Lipinski definition) is 3. The lowest BCUT2D eigenvalue weighted by atomic mass is 9.85. The molecular weight excluding hydrogens is 465 g/mol. The highest BCUT2D eigenvalue weighted by atomic mass is 19.1. The Balaban J connectivity index is 1.62. The molecule has 1 heterocycles. The first-order valence-corrected chi connectivity index (χ1v) is 12.9. The number of amides is 1. The first-order valence-electron chi connectivity index (χ1n) is 12.9. The van der Waals surface area contributed by atoms with Crippen molar-refractivity contribution in [3.8, 4) is 0 Å². The number of ketones is 1. The van der Waals surface area contributed by atoms with E-state index < -0.39 is 17.7 Å². The number of aliphatic hydroxyl groups excluding tert-OH is 1. The molecule has 2 aliphatic rings. The van der Waals surface area contributed by atoms with Crippen LogP contribution in [0.2, 0.25) is 0 Å². The molecule has 0 radical (unpaired) electrons. The Morgan fingerprint density at radius 2 is 1.57 bits per heavy atom. The maximum absolute atomic E-state index is 13.5. The van der Waals surface area contributed by atoms with Crippen molar-refractivity contribution in [3.05, 3.63) is 112 Å². The van der Waals surface area contributed by atoms with Gasteiger partial charge in [0.2, 0.25) is 0 Å². The van der Waals surface area contributed by atoms with Crippen LogP contribution < -0.4 is 0 Å². The molecule has 4 nitrogen and oxygen atoms in total. The van der Waals surface area contributed by atoms with E-state index in [-0.39, 0.29) is 29.1 Å². The number of benzene rings is 3. The van der Waals surface area contributed by atoms with Crippen molar-refractivity contribution in [1.29, 1.82) is 0 Å². The van der Waals surface area contributed by atoms with E-state index in [0.29, 0.717) is 11.1 Å². The third-order valence-electron chi connectivity index (χ3n) is 7.52. The van der Waals surface area contributed by atoms with Crippen LogP contribution in [0, 0.1) is 5.82 Å². The molecule has 0 spiro atoms. The number of carbonyl (C=O) groups is 2. The van der Waals surface area contributed by atoms with Crippen molar-refractivity contribution in [2.45, 2.75) is 64.5 Å². The summed E-state index contributed by atoms with van der Waals surface area (Å²) in [5.41, 5.74) is 5.61. The molecule has 1 unspecified atom stereocenters. The van der Waals surface area contributed by atoms with E-state index in [1.807, 2.05) is 42.5 Å². The van der Waals surface area contributed by atoms with Gasteiger partial charge in [-0.2, -0.15) is 0 Å². The van der Waals surface area contributed by atoms with Crippen LogP contribution in [0.4, 0.5) is 4.39 Å². The number of fused-ring (bicyclic) bond motifs is 1. The van der Waals surface area contributed by atoms with Crippen LogP contribution in [-0.4, -0.2) is 21.7 Å². The summed E-state index contributed by atoms with van der Waals surface area (Å²) in [5, 5.41) is 11.5. The van der Waals surface area contributed by atoms with Gasteiger partial charge in [0.05, 0.1) is 11.6 Å². The second kappa shape index (κ2) is 9.62. The summed E-state index contributed by atoms with van der Waals surface area (Å²) in [6.45, 7) is 6.49. The first-order chi connectivity index (χ1) is 17.6. The van der Waals surface area contributed by atoms with E-state index >= 15 is 0 Å². The zero-order valence-electron chi connectivity index (χ0n) is 21.6. The predicted octanol–water partition coefficient (Wildman–Crippen LogP) is 6.62. The number of Topliss-reactive ketones (excluding diaryl/α,β-unsaturated/α-hetero) is 1. The van der Waals surface area contributed by atoms with Crippen LogP contribution >= 0.6 is 0 Å². The fourth-order valence-electron chi connectivity index (χ4n) is 5.38. The van der Waals surface area contributed by atoms with E-state index in [4.69, 9.17) is 0 Å². The molecule has 1 saturated heterocycles. The van der Waals surface area contributed by atoms with Crippen molar-refractivity contribution in [3.63, 3.8) is 0 Å².